The summed E-state index contributed by atoms with van der Waals surface area (Å²) in [4.78, 5) is 0. The van der Waals surface area contributed by atoms with E-state index in [0.29, 0.717) is 5.69 Å². The van der Waals surface area contributed by atoms with Crippen molar-refractivity contribution in [1.29, 1.82) is 0 Å². The fourth-order valence-electron chi connectivity index (χ4n) is 2.41. The molecule has 2 aromatic carbocycles. The first-order chi connectivity index (χ1) is 8.78. The van der Waals surface area contributed by atoms with Crippen LogP contribution in [0.25, 0.3) is 0 Å². The normalized spacial score (nSPS) is 17.1. The van der Waals surface area contributed by atoms with Crippen LogP contribution in [-0.2, 0) is 6.42 Å². The Morgan fingerprint density at radius 3 is 2.83 bits per heavy atom. The van der Waals surface area contributed by atoms with Gasteiger partial charge >= 0.3 is 0 Å². The summed E-state index contributed by atoms with van der Waals surface area (Å²) in [5, 5.41) is 3.24. The molecule has 0 radical (unpaired) electrons. The number of hydrogen-bond donors (Lipinski definition) is 1. The quantitative estimate of drug-likeness (QED) is 0.871. The van der Waals surface area contributed by atoms with Crippen molar-refractivity contribution < 1.29 is 9.13 Å². The van der Waals surface area contributed by atoms with Gasteiger partial charge in [0, 0.05) is 0 Å². The van der Waals surface area contributed by atoms with Crippen LogP contribution in [0.3, 0.4) is 0 Å². The summed E-state index contributed by atoms with van der Waals surface area (Å²) in [7, 11) is 1.65. The molecule has 1 aliphatic heterocycles. The fourth-order valence-corrected chi connectivity index (χ4v) is 2.41. The lowest BCUT2D eigenvalue weighted by Crippen LogP contribution is -2.06. The number of rotatable bonds is 2. The number of halogens is 1. The molecule has 1 atom stereocenters. The van der Waals surface area contributed by atoms with E-state index in [1.54, 1.807) is 13.2 Å². The minimum atomic E-state index is -0.183. The van der Waals surface area contributed by atoms with Crippen LogP contribution in [0.2, 0.25) is 0 Å². The minimum Gasteiger partial charge on any atom is -0.497 e. The zero-order chi connectivity index (χ0) is 12.5. The fraction of sp³-hybridized carbons (Fsp3) is 0.200. The highest BCUT2D eigenvalue weighted by Gasteiger charge is 2.24. The van der Waals surface area contributed by atoms with Crippen molar-refractivity contribution in [1.82, 2.24) is 0 Å². The van der Waals surface area contributed by atoms with Gasteiger partial charge in [-0.3, -0.25) is 0 Å². The van der Waals surface area contributed by atoms with E-state index >= 15 is 0 Å². The Balaban J connectivity index is 1.91. The molecule has 2 aromatic rings. The van der Waals surface area contributed by atoms with Crippen molar-refractivity contribution in [2.24, 2.45) is 0 Å². The molecule has 0 bridgehead atoms. The summed E-state index contributed by atoms with van der Waals surface area (Å²) in [6.45, 7) is 0. The molecule has 0 aromatic heterocycles. The van der Waals surface area contributed by atoms with Gasteiger partial charge in [-0.2, -0.15) is 0 Å². The molecule has 2 nitrogen and oxygen atoms in total. The Morgan fingerprint density at radius 1 is 1.22 bits per heavy atom. The molecule has 0 fully saturated rings. The molecule has 3 heteroatoms. The number of benzene rings is 2. The highest BCUT2D eigenvalue weighted by Crippen LogP contribution is 2.36. The van der Waals surface area contributed by atoms with Crippen LogP contribution in [0.4, 0.5) is 10.1 Å². The second kappa shape index (κ2) is 4.33. The summed E-state index contributed by atoms with van der Waals surface area (Å²) in [5.74, 6) is 0.642. The first-order valence-corrected chi connectivity index (χ1v) is 5.96. The molecule has 0 amide bonds. The molecule has 1 N–H and O–H groups in total. The van der Waals surface area contributed by atoms with Gasteiger partial charge in [0.2, 0.25) is 0 Å². The third-order valence-electron chi connectivity index (χ3n) is 3.34. The number of para-hydroxylation sites is 1. The van der Waals surface area contributed by atoms with Gasteiger partial charge in [-0.1, -0.05) is 24.3 Å². The van der Waals surface area contributed by atoms with E-state index in [9.17, 15) is 4.39 Å². The van der Waals surface area contributed by atoms with E-state index in [1.165, 1.54) is 6.07 Å². The van der Waals surface area contributed by atoms with Crippen LogP contribution < -0.4 is 10.1 Å². The number of methoxy groups -OCH3 is 1. The lowest BCUT2D eigenvalue weighted by atomic mass is 10.0. The monoisotopic (exact) mass is 243 g/mol. The van der Waals surface area contributed by atoms with E-state index in [1.807, 2.05) is 30.3 Å². The third-order valence-corrected chi connectivity index (χ3v) is 3.34. The molecule has 0 saturated carbocycles. The highest BCUT2D eigenvalue weighted by molar-refractivity contribution is 5.59. The van der Waals surface area contributed by atoms with Gasteiger partial charge in [0.25, 0.3) is 0 Å². The Kier molecular flexibility index (Phi) is 2.67. The van der Waals surface area contributed by atoms with E-state index in [4.69, 9.17) is 4.74 Å². The number of nitrogens with one attached hydrogen (secondary N) is 1. The summed E-state index contributed by atoms with van der Waals surface area (Å²) < 4.78 is 18.9. The number of fused-ring (bicyclic) bond motifs is 1. The second-order valence-corrected chi connectivity index (χ2v) is 4.45. The molecule has 3 rings (SSSR count). The SMILES string of the molecule is COc1cccc(C2Cc3cccc(F)c3N2)c1. The number of hydrogen-bond acceptors (Lipinski definition) is 2. The molecule has 18 heavy (non-hydrogen) atoms. The minimum absolute atomic E-state index is 0.118. The molecule has 1 aliphatic rings. The zero-order valence-electron chi connectivity index (χ0n) is 10.1. The lowest BCUT2D eigenvalue weighted by molar-refractivity contribution is 0.414. The molecule has 1 heterocycles. The first-order valence-electron chi connectivity index (χ1n) is 5.96. The first kappa shape index (κ1) is 11.1. The Bertz CT molecular complexity index is 582. The predicted octanol–water partition coefficient (Wildman–Crippen LogP) is 3.54. The summed E-state index contributed by atoms with van der Waals surface area (Å²) in [6.07, 6.45) is 0.806. The van der Waals surface area contributed by atoms with Crippen molar-refractivity contribution in [3.05, 3.63) is 59.4 Å². The van der Waals surface area contributed by atoms with E-state index in [0.717, 1.165) is 23.3 Å². The summed E-state index contributed by atoms with van der Waals surface area (Å²) in [6, 6.07) is 13.2. The van der Waals surface area contributed by atoms with Crippen LogP contribution in [0.1, 0.15) is 17.2 Å². The van der Waals surface area contributed by atoms with Crippen molar-refractivity contribution in [3.8, 4) is 5.75 Å². The van der Waals surface area contributed by atoms with Crippen LogP contribution >= 0.6 is 0 Å². The van der Waals surface area contributed by atoms with E-state index < -0.39 is 0 Å². The van der Waals surface area contributed by atoms with Crippen LogP contribution in [0.5, 0.6) is 5.75 Å². The number of ether oxygens (including phenoxy) is 1. The van der Waals surface area contributed by atoms with Gasteiger partial charge in [0.15, 0.2) is 0 Å². The molecule has 1 unspecified atom stereocenters. The lowest BCUT2D eigenvalue weighted by Gasteiger charge is -2.12. The van der Waals surface area contributed by atoms with Crippen LogP contribution in [-0.4, -0.2) is 7.11 Å². The Morgan fingerprint density at radius 2 is 2.06 bits per heavy atom. The average molecular weight is 243 g/mol. The van der Waals surface area contributed by atoms with Crippen LogP contribution in [0.15, 0.2) is 42.5 Å². The van der Waals surface area contributed by atoms with Gasteiger partial charge in [-0.05, 0) is 35.7 Å². The van der Waals surface area contributed by atoms with Gasteiger partial charge in [0.05, 0.1) is 18.8 Å². The molecular formula is C15H14FNO. The Hall–Kier alpha value is -2.03. The molecule has 0 aliphatic carbocycles. The zero-order valence-corrected chi connectivity index (χ0v) is 10.1. The maximum absolute atomic E-state index is 13.6. The molecule has 0 saturated heterocycles. The largest absolute Gasteiger partial charge is 0.497 e. The predicted molar refractivity (Wildman–Crippen MR) is 69.5 cm³/mol. The van der Waals surface area contributed by atoms with Gasteiger partial charge < -0.3 is 10.1 Å². The maximum atomic E-state index is 13.6. The van der Waals surface area contributed by atoms with Gasteiger partial charge in [-0.25, -0.2) is 4.39 Å². The standard InChI is InChI=1S/C15H14FNO/c1-18-12-6-2-4-10(8-12)14-9-11-5-3-7-13(16)15(11)17-14/h2-8,14,17H,9H2,1H3. The molecule has 0 spiro atoms. The second-order valence-electron chi connectivity index (χ2n) is 4.45. The maximum Gasteiger partial charge on any atom is 0.146 e. The van der Waals surface area contributed by atoms with Crippen LogP contribution in [0, 0.1) is 5.82 Å². The topological polar surface area (TPSA) is 21.3 Å². The van der Waals surface area contributed by atoms with E-state index in [2.05, 4.69) is 5.32 Å². The Labute approximate surface area is 105 Å². The van der Waals surface area contributed by atoms with Gasteiger partial charge in [0.1, 0.15) is 11.6 Å². The summed E-state index contributed by atoms with van der Waals surface area (Å²) in [5.41, 5.74) is 2.78. The van der Waals surface area contributed by atoms with Crippen molar-refractivity contribution >= 4 is 5.69 Å². The number of anilines is 1. The van der Waals surface area contributed by atoms with Crippen molar-refractivity contribution in [2.45, 2.75) is 12.5 Å². The third kappa shape index (κ3) is 1.82. The smallest absolute Gasteiger partial charge is 0.146 e. The molecule has 92 valence electrons. The molecular weight excluding hydrogens is 229 g/mol. The summed E-state index contributed by atoms with van der Waals surface area (Å²) >= 11 is 0. The van der Waals surface area contributed by atoms with Crippen molar-refractivity contribution in [3.63, 3.8) is 0 Å². The van der Waals surface area contributed by atoms with Gasteiger partial charge in [-0.15, -0.1) is 0 Å². The van der Waals surface area contributed by atoms with E-state index in [-0.39, 0.29) is 11.9 Å². The average Bonchev–Trinajstić information content (AvgIpc) is 2.84. The highest BCUT2D eigenvalue weighted by atomic mass is 19.1. The van der Waals surface area contributed by atoms with Crippen molar-refractivity contribution in [2.75, 3.05) is 12.4 Å².